The van der Waals surface area contributed by atoms with Gasteiger partial charge in [0.15, 0.2) is 0 Å². The fourth-order valence-electron chi connectivity index (χ4n) is 2.91. The van der Waals surface area contributed by atoms with Crippen LogP contribution in [0.1, 0.15) is 24.0 Å². The average Bonchev–Trinajstić information content (AvgIpc) is 2.51. The summed E-state index contributed by atoms with van der Waals surface area (Å²) in [5.74, 6) is 0. The standard InChI is InChI=1S/C17H20ClN3/c18-16-7-6-15(12-20-16)17(19)8-10-21(11-9-17)13-14-4-2-1-3-5-14/h1-7,12H,8-11,13,19H2. The van der Waals surface area contributed by atoms with Crippen molar-refractivity contribution in [3.8, 4) is 0 Å². The van der Waals surface area contributed by atoms with Crippen molar-refractivity contribution in [3.63, 3.8) is 0 Å². The van der Waals surface area contributed by atoms with Gasteiger partial charge in [-0.25, -0.2) is 4.98 Å². The monoisotopic (exact) mass is 301 g/mol. The lowest BCUT2D eigenvalue weighted by atomic mass is 9.82. The van der Waals surface area contributed by atoms with Gasteiger partial charge < -0.3 is 5.73 Å². The Morgan fingerprint density at radius 3 is 2.43 bits per heavy atom. The van der Waals surface area contributed by atoms with Crippen molar-refractivity contribution in [2.75, 3.05) is 13.1 Å². The van der Waals surface area contributed by atoms with E-state index in [1.54, 1.807) is 0 Å². The van der Waals surface area contributed by atoms with Crippen LogP contribution >= 0.6 is 11.6 Å². The zero-order valence-corrected chi connectivity index (χ0v) is 12.8. The lowest BCUT2D eigenvalue weighted by Gasteiger charge is -2.39. The fourth-order valence-corrected chi connectivity index (χ4v) is 3.02. The summed E-state index contributed by atoms with van der Waals surface area (Å²) < 4.78 is 0. The average molecular weight is 302 g/mol. The molecule has 1 saturated heterocycles. The Morgan fingerprint density at radius 1 is 1.10 bits per heavy atom. The zero-order valence-electron chi connectivity index (χ0n) is 12.0. The third kappa shape index (κ3) is 3.43. The van der Waals surface area contributed by atoms with Crippen molar-refractivity contribution in [3.05, 3.63) is 64.9 Å². The van der Waals surface area contributed by atoms with E-state index < -0.39 is 0 Å². The maximum Gasteiger partial charge on any atom is 0.129 e. The van der Waals surface area contributed by atoms with Crippen LogP contribution in [0, 0.1) is 0 Å². The van der Waals surface area contributed by atoms with Gasteiger partial charge in [0.25, 0.3) is 0 Å². The molecule has 2 N–H and O–H groups in total. The Hall–Kier alpha value is -1.42. The Kier molecular flexibility index (Phi) is 4.24. The molecule has 0 radical (unpaired) electrons. The molecule has 1 aliphatic rings. The predicted octanol–water partition coefficient (Wildman–Crippen LogP) is 3.19. The van der Waals surface area contributed by atoms with Crippen molar-refractivity contribution >= 4 is 11.6 Å². The van der Waals surface area contributed by atoms with Gasteiger partial charge in [-0.1, -0.05) is 48.0 Å². The minimum atomic E-state index is -0.273. The molecule has 1 aromatic carbocycles. The molecular formula is C17H20ClN3. The number of hydrogen-bond acceptors (Lipinski definition) is 3. The second kappa shape index (κ2) is 6.14. The minimum absolute atomic E-state index is 0.273. The highest BCUT2D eigenvalue weighted by Gasteiger charge is 2.32. The highest BCUT2D eigenvalue weighted by Crippen LogP contribution is 2.30. The molecule has 0 saturated carbocycles. The van der Waals surface area contributed by atoms with E-state index in [-0.39, 0.29) is 5.54 Å². The van der Waals surface area contributed by atoms with Crippen LogP contribution in [0.4, 0.5) is 0 Å². The minimum Gasteiger partial charge on any atom is -0.321 e. The van der Waals surface area contributed by atoms with E-state index in [9.17, 15) is 0 Å². The molecular weight excluding hydrogens is 282 g/mol. The van der Waals surface area contributed by atoms with Crippen molar-refractivity contribution in [1.29, 1.82) is 0 Å². The number of piperidine rings is 1. The van der Waals surface area contributed by atoms with Gasteiger partial charge in [0, 0.05) is 31.4 Å². The highest BCUT2D eigenvalue weighted by atomic mass is 35.5. The normalized spacial score (nSPS) is 18.6. The third-order valence-electron chi connectivity index (χ3n) is 4.30. The van der Waals surface area contributed by atoms with E-state index in [1.807, 2.05) is 18.3 Å². The number of nitrogens with two attached hydrogens (primary N) is 1. The van der Waals surface area contributed by atoms with Gasteiger partial charge in [-0.15, -0.1) is 0 Å². The quantitative estimate of drug-likeness (QED) is 0.885. The Morgan fingerprint density at radius 2 is 1.81 bits per heavy atom. The fraction of sp³-hybridized carbons (Fsp3) is 0.353. The number of rotatable bonds is 3. The number of pyridine rings is 1. The summed E-state index contributed by atoms with van der Waals surface area (Å²) in [7, 11) is 0. The molecule has 4 heteroatoms. The van der Waals surface area contributed by atoms with E-state index in [2.05, 4.69) is 40.2 Å². The van der Waals surface area contributed by atoms with Gasteiger partial charge >= 0.3 is 0 Å². The van der Waals surface area contributed by atoms with E-state index in [1.165, 1.54) is 5.56 Å². The predicted molar refractivity (Wildman–Crippen MR) is 86.1 cm³/mol. The number of hydrogen-bond donors (Lipinski definition) is 1. The first kappa shape index (κ1) is 14.5. The van der Waals surface area contributed by atoms with Crippen LogP contribution in [0.2, 0.25) is 5.15 Å². The number of likely N-dealkylation sites (tertiary alicyclic amines) is 1. The molecule has 0 unspecified atom stereocenters. The van der Waals surface area contributed by atoms with E-state index in [4.69, 9.17) is 17.3 Å². The molecule has 0 atom stereocenters. The van der Waals surface area contributed by atoms with E-state index in [0.29, 0.717) is 5.15 Å². The van der Waals surface area contributed by atoms with E-state index in [0.717, 1.165) is 38.0 Å². The van der Waals surface area contributed by atoms with Crippen molar-refractivity contribution in [2.24, 2.45) is 5.73 Å². The molecule has 2 heterocycles. The van der Waals surface area contributed by atoms with Gasteiger partial charge in [-0.3, -0.25) is 4.90 Å². The summed E-state index contributed by atoms with van der Waals surface area (Å²) >= 11 is 5.85. The van der Waals surface area contributed by atoms with Crippen LogP contribution in [0.25, 0.3) is 0 Å². The van der Waals surface area contributed by atoms with Gasteiger partial charge in [0.05, 0.1) is 0 Å². The van der Waals surface area contributed by atoms with Crippen LogP contribution in [-0.2, 0) is 12.1 Å². The van der Waals surface area contributed by atoms with Gasteiger partial charge in [0.2, 0.25) is 0 Å². The smallest absolute Gasteiger partial charge is 0.129 e. The first-order valence-corrected chi connectivity index (χ1v) is 7.71. The maximum absolute atomic E-state index is 6.58. The molecule has 2 aromatic rings. The molecule has 1 aromatic heterocycles. The lowest BCUT2D eigenvalue weighted by Crippen LogP contribution is -2.47. The summed E-state index contributed by atoms with van der Waals surface area (Å²) in [6.07, 6.45) is 3.71. The Labute approximate surface area is 130 Å². The maximum atomic E-state index is 6.58. The molecule has 0 bridgehead atoms. The largest absolute Gasteiger partial charge is 0.321 e. The van der Waals surface area contributed by atoms with E-state index >= 15 is 0 Å². The first-order valence-electron chi connectivity index (χ1n) is 7.33. The van der Waals surface area contributed by atoms with Crippen LogP contribution in [0.3, 0.4) is 0 Å². The third-order valence-corrected chi connectivity index (χ3v) is 4.52. The van der Waals surface area contributed by atoms with Crippen molar-refractivity contribution in [2.45, 2.75) is 24.9 Å². The first-order chi connectivity index (χ1) is 10.2. The summed E-state index contributed by atoms with van der Waals surface area (Å²) in [6.45, 7) is 3.01. The molecule has 1 fully saturated rings. The summed E-state index contributed by atoms with van der Waals surface area (Å²) in [5, 5.41) is 0.517. The van der Waals surface area contributed by atoms with Crippen LogP contribution in [0.5, 0.6) is 0 Å². The number of nitrogens with zero attached hydrogens (tertiary/aromatic N) is 2. The van der Waals surface area contributed by atoms with Gasteiger partial charge in [0.1, 0.15) is 5.15 Å². The van der Waals surface area contributed by atoms with Crippen LogP contribution in [0.15, 0.2) is 48.7 Å². The second-order valence-corrected chi connectivity index (χ2v) is 6.17. The molecule has 21 heavy (non-hydrogen) atoms. The second-order valence-electron chi connectivity index (χ2n) is 5.79. The Bertz CT molecular complexity index is 575. The molecule has 0 amide bonds. The number of halogens is 1. The molecule has 0 aliphatic carbocycles. The Balaban J connectivity index is 1.63. The molecule has 110 valence electrons. The van der Waals surface area contributed by atoms with Gasteiger partial charge in [-0.05, 0) is 30.0 Å². The SMILES string of the molecule is NC1(c2ccc(Cl)nc2)CCN(Cc2ccccc2)CC1. The highest BCUT2D eigenvalue weighted by molar-refractivity contribution is 6.29. The summed E-state index contributed by atoms with van der Waals surface area (Å²) in [6, 6.07) is 14.4. The van der Waals surface area contributed by atoms with Crippen LogP contribution < -0.4 is 5.73 Å². The molecule has 3 rings (SSSR count). The van der Waals surface area contributed by atoms with Gasteiger partial charge in [-0.2, -0.15) is 0 Å². The molecule has 1 aliphatic heterocycles. The van der Waals surface area contributed by atoms with Crippen LogP contribution in [-0.4, -0.2) is 23.0 Å². The number of aromatic nitrogens is 1. The zero-order chi connectivity index (χ0) is 14.7. The lowest BCUT2D eigenvalue weighted by molar-refractivity contribution is 0.155. The summed E-state index contributed by atoms with van der Waals surface area (Å²) in [5.41, 5.74) is 8.75. The number of benzene rings is 1. The molecule has 0 spiro atoms. The summed E-state index contributed by atoms with van der Waals surface area (Å²) in [4.78, 5) is 6.62. The molecule has 3 nitrogen and oxygen atoms in total. The van der Waals surface area contributed by atoms with Crippen molar-refractivity contribution < 1.29 is 0 Å². The topological polar surface area (TPSA) is 42.1 Å². The van der Waals surface area contributed by atoms with Crippen molar-refractivity contribution in [1.82, 2.24) is 9.88 Å².